The number of alkyl halides is 2. The number of imidazole rings is 1. The van der Waals surface area contributed by atoms with Crippen LogP contribution in [0.2, 0.25) is 0 Å². The van der Waals surface area contributed by atoms with E-state index in [2.05, 4.69) is 15.0 Å². The Labute approximate surface area is 215 Å². The molecule has 1 aliphatic carbocycles. The van der Waals surface area contributed by atoms with E-state index in [0.717, 1.165) is 40.3 Å². The van der Waals surface area contributed by atoms with Crippen LogP contribution in [0.1, 0.15) is 30.5 Å². The summed E-state index contributed by atoms with van der Waals surface area (Å²) in [5, 5.41) is 15.2. The number of aliphatic hydroxyl groups excluding tert-OH is 1. The summed E-state index contributed by atoms with van der Waals surface area (Å²) in [6, 6.07) is 8.09. The fourth-order valence-corrected chi connectivity index (χ4v) is 5.29. The van der Waals surface area contributed by atoms with Crippen LogP contribution in [0.3, 0.4) is 0 Å². The van der Waals surface area contributed by atoms with Gasteiger partial charge in [-0.05, 0) is 48.7 Å². The molecule has 0 amide bonds. The zero-order valence-electron chi connectivity index (χ0n) is 19.4. The van der Waals surface area contributed by atoms with Gasteiger partial charge in [-0.1, -0.05) is 18.2 Å². The lowest BCUT2D eigenvalue weighted by atomic mass is 9.94. The maximum absolute atomic E-state index is 13.3. The summed E-state index contributed by atoms with van der Waals surface area (Å²) in [4.78, 5) is 15.6. The number of aliphatic hydroxyl groups is 1. The van der Waals surface area contributed by atoms with E-state index in [1.807, 2.05) is 34.2 Å². The molecule has 0 spiro atoms. The smallest absolute Gasteiger partial charge is 0.270 e. The fraction of sp³-hybridized carbons (Fsp3) is 0.240. The Morgan fingerprint density at radius 2 is 2.03 bits per heavy atom. The summed E-state index contributed by atoms with van der Waals surface area (Å²) in [5.74, 6) is -2.15. The van der Waals surface area contributed by atoms with Crippen LogP contribution in [0.15, 0.2) is 77.0 Å². The average Bonchev–Trinajstić information content (AvgIpc) is 3.45. The van der Waals surface area contributed by atoms with Crippen molar-refractivity contribution in [3.63, 3.8) is 0 Å². The van der Waals surface area contributed by atoms with E-state index in [-0.39, 0.29) is 17.2 Å². The zero-order chi connectivity index (χ0) is 25.1. The van der Waals surface area contributed by atoms with Gasteiger partial charge in [-0.15, -0.1) is 11.3 Å². The second-order valence-electron chi connectivity index (χ2n) is 8.34. The highest BCUT2D eigenvalue weighted by Gasteiger charge is 2.24. The van der Waals surface area contributed by atoms with Crippen molar-refractivity contribution in [1.82, 2.24) is 24.1 Å². The molecule has 5 rings (SSSR count). The highest BCUT2D eigenvalue weighted by atomic mass is 32.2. The van der Waals surface area contributed by atoms with Crippen molar-refractivity contribution in [1.29, 1.82) is 0 Å². The molecule has 7 nitrogen and oxygen atoms in total. The minimum atomic E-state index is -2.84. The molecule has 11 heteroatoms. The summed E-state index contributed by atoms with van der Waals surface area (Å²) in [5.41, 5.74) is 2.49. The second-order valence-corrected chi connectivity index (χ2v) is 10.2. The molecule has 1 aliphatic rings. The summed E-state index contributed by atoms with van der Waals surface area (Å²) < 4.78 is 31.9. The number of fused-ring (bicyclic) bond motifs is 1. The van der Waals surface area contributed by atoms with Crippen LogP contribution in [-0.4, -0.2) is 37.5 Å². The molecule has 3 aromatic heterocycles. The molecular weight excluding hydrogens is 502 g/mol. The van der Waals surface area contributed by atoms with Crippen molar-refractivity contribution in [2.45, 2.75) is 30.1 Å². The van der Waals surface area contributed by atoms with Crippen LogP contribution in [0, 0.1) is 0 Å². The quantitative estimate of drug-likeness (QED) is 0.178. The summed E-state index contributed by atoms with van der Waals surface area (Å²) >= 11 is 2.93. The van der Waals surface area contributed by atoms with Gasteiger partial charge < -0.3 is 10.4 Å². The molecule has 1 aromatic carbocycles. The Morgan fingerprint density at radius 1 is 1.19 bits per heavy atom. The first kappa shape index (κ1) is 24.4. The van der Waals surface area contributed by atoms with Gasteiger partial charge in [-0.25, -0.2) is 23.7 Å². The molecule has 0 saturated heterocycles. The van der Waals surface area contributed by atoms with Crippen molar-refractivity contribution in [3.8, 4) is 11.4 Å². The third kappa shape index (κ3) is 5.43. The largest absolute Gasteiger partial charge is 0.508 e. The molecule has 0 aliphatic heterocycles. The first-order chi connectivity index (χ1) is 17.4. The molecule has 0 bridgehead atoms. The number of rotatable bonds is 9. The molecule has 0 radical (unpaired) electrons. The lowest BCUT2D eigenvalue weighted by Crippen LogP contribution is -2.17. The second kappa shape index (κ2) is 10.4. The number of thiazole rings is 1. The topological polar surface area (TPSA) is 87.4 Å². The van der Waals surface area contributed by atoms with Gasteiger partial charge in [0.25, 0.3) is 5.92 Å². The van der Waals surface area contributed by atoms with Crippen LogP contribution in [0.4, 0.5) is 14.7 Å². The van der Waals surface area contributed by atoms with Crippen molar-refractivity contribution in [3.05, 3.63) is 83.4 Å². The van der Waals surface area contributed by atoms with Crippen LogP contribution in [-0.2, 0) is 5.92 Å². The number of nitrogens with zero attached hydrogens (tertiary/aromatic N) is 4. The van der Waals surface area contributed by atoms with Gasteiger partial charge in [0, 0.05) is 54.2 Å². The van der Waals surface area contributed by atoms with Gasteiger partial charge in [0.05, 0.1) is 17.1 Å². The molecule has 4 aromatic rings. The highest BCUT2D eigenvalue weighted by molar-refractivity contribution is 7.97. The molecule has 186 valence electrons. The molecule has 0 saturated carbocycles. The summed E-state index contributed by atoms with van der Waals surface area (Å²) in [6.07, 6.45) is 9.90. The van der Waals surface area contributed by atoms with Crippen LogP contribution in [0.25, 0.3) is 16.3 Å². The van der Waals surface area contributed by atoms with E-state index in [0.29, 0.717) is 19.0 Å². The Kier molecular flexibility index (Phi) is 7.04. The first-order valence-electron chi connectivity index (χ1n) is 11.4. The highest BCUT2D eigenvalue weighted by Crippen LogP contribution is 2.35. The van der Waals surface area contributed by atoms with E-state index in [9.17, 15) is 13.9 Å². The Balaban J connectivity index is 1.23. The normalized spacial score (nSPS) is 15.9. The number of halogens is 2. The maximum atomic E-state index is 13.3. The van der Waals surface area contributed by atoms with Crippen molar-refractivity contribution in [2.24, 2.45) is 0 Å². The van der Waals surface area contributed by atoms with Gasteiger partial charge >= 0.3 is 0 Å². The predicted molar refractivity (Wildman–Crippen MR) is 140 cm³/mol. The summed E-state index contributed by atoms with van der Waals surface area (Å²) in [6.45, 7) is 2.07. The minimum Gasteiger partial charge on any atom is -0.508 e. The molecule has 3 heterocycles. The van der Waals surface area contributed by atoms with E-state index in [1.54, 1.807) is 35.7 Å². The zero-order valence-corrected chi connectivity index (χ0v) is 21.0. The van der Waals surface area contributed by atoms with E-state index in [1.165, 1.54) is 24.1 Å². The fourth-order valence-electron chi connectivity index (χ4n) is 3.92. The Bertz CT molecular complexity index is 1410. The number of allylic oxidation sites excluding steroid dienone is 3. The van der Waals surface area contributed by atoms with E-state index in [4.69, 9.17) is 9.97 Å². The van der Waals surface area contributed by atoms with Crippen LogP contribution >= 0.6 is 23.3 Å². The monoisotopic (exact) mass is 526 g/mol. The van der Waals surface area contributed by atoms with Gasteiger partial charge in [0.2, 0.25) is 5.95 Å². The van der Waals surface area contributed by atoms with Gasteiger partial charge in [0.1, 0.15) is 5.76 Å². The van der Waals surface area contributed by atoms with E-state index < -0.39 is 5.92 Å². The number of anilines is 1. The lowest BCUT2D eigenvalue weighted by Gasteiger charge is -2.14. The molecule has 3 N–H and O–H groups in total. The molecule has 36 heavy (non-hydrogen) atoms. The summed E-state index contributed by atoms with van der Waals surface area (Å²) in [7, 11) is 0. The van der Waals surface area contributed by atoms with Crippen molar-refractivity contribution >= 4 is 34.2 Å². The molecular formula is C25H24F2N6OS2. The van der Waals surface area contributed by atoms with Crippen LogP contribution in [0.5, 0.6) is 0 Å². The number of hydrogen-bond acceptors (Lipinski definition) is 8. The molecule has 1 unspecified atom stereocenters. The predicted octanol–water partition coefficient (Wildman–Crippen LogP) is 6.16. The van der Waals surface area contributed by atoms with Crippen molar-refractivity contribution in [2.75, 3.05) is 18.4 Å². The first-order valence-corrected chi connectivity index (χ1v) is 13.1. The Morgan fingerprint density at radius 3 is 2.81 bits per heavy atom. The average molecular weight is 527 g/mol. The SMILES string of the molecule is CC(F)(F)c1ccc(SNCCNc2nccc(-c3c(C4C=C(O)C=CC4)nc4sccn34)n2)cc1. The van der Waals surface area contributed by atoms with Gasteiger partial charge in [-0.2, -0.15) is 0 Å². The number of nitrogens with one attached hydrogen (secondary N) is 2. The Hall–Kier alpha value is -3.28. The number of benzene rings is 1. The molecule has 1 atom stereocenters. The molecule has 0 fully saturated rings. The van der Waals surface area contributed by atoms with Crippen LogP contribution < -0.4 is 10.0 Å². The number of hydrogen-bond donors (Lipinski definition) is 3. The van der Waals surface area contributed by atoms with Gasteiger partial charge in [-0.3, -0.25) is 9.12 Å². The maximum Gasteiger partial charge on any atom is 0.270 e. The lowest BCUT2D eigenvalue weighted by molar-refractivity contribution is 0.0174. The third-order valence-corrected chi connectivity index (χ3v) is 7.26. The van der Waals surface area contributed by atoms with E-state index >= 15 is 0 Å². The standard InChI is InChI=1S/C25H24F2N6OS2/c1-25(26,27)17-5-7-19(8-6-17)36-30-12-11-29-23-28-10-9-20(31-23)22-21(16-3-2-4-18(34)15-16)32-24-33(22)13-14-35-24/h2,4-10,13-16,30,34H,3,11-12H2,1H3,(H,28,29,31). The number of aromatic nitrogens is 4. The van der Waals surface area contributed by atoms with Crippen molar-refractivity contribution < 1.29 is 13.9 Å². The third-order valence-electron chi connectivity index (χ3n) is 5.65. The minimum absolute atomic E-state index is 0.000562. The van der Waals surface area contributed by atoms with Gasteiger partial charge in [0.15, 0.2) is 4.96 Å².